The molecule has 0 saturated carbocycles. The van der Waals surface area contributed by atoms with Gasteiger partial charge in [0.1, 0.15) is 12.2 Å². The van der Waals surface area contributed by atoms with E-state index in [0.717, 1.165) is 25.7 Å². The van der Waals surface area contributed by atoms with E-state index >= 15 is 0 Å². The smallest absolute Gasteiger partial charge is 0.302 e. The largest absolute Gasteiger partial charge is 0.463 e. The number of hydrogen-bond acceptors (Lipinski definition) is 3. The Bertz CT molecular complexity index is 262. The highest BCUT2D eigenvalue weighted by molar-refractivity contribution is 5.66. The van der Waals surface area contributed by atoms with Crippen molar-refractivity contribution in [3.05, 3.63) is 12.7 Å². The summed E-state index contributed by atoms with van der Waals surface area (Å²) >= 11 is 0. The molecule has 78 valence electrons. The molecule has 0 unspecified atom stereocenters. The summed E-state index contributed by atoms with van der Waals surface area (Å²) in [5.41, 5.74) is -0.333. The van der Waals surface area contributed by atoms with Gasteiger partial charge in [-0.3, -0.25) is 4.79 Å². The minimum Gasteiger partial charge on any atom is -0.463 e. The second-order valence-corrected chi connectivity index (χ2v) is 4.33. The van der Waals surface area contributed by atoms with E-state index in [-0.39, 0.29) is 17.2 Å². The van der Waals surface area contributed by atoms with Gasteiger partial charge in [-0.15, -0.1) is 6.58 Å². The average Bonchev–Trinajstić information content (AvgIpc) is 2.72. The summed E-state index contributed by atoms with van der Waals surface area (Å²) in [4.78, 5) is 10.7. The molecule has 3 heteroatoms. The molecule has 2 rings (SSSR count). The maximum absolute atomic E-state index is 10.7. The lowest BCUT2D eigenvalue weighted by atomic mass is 9.82. The fourth-order valence-corrected chi connectivity index (χ4v) is 2.42. The van der Waals surface area contributed by atoms with Crippen LogP contribution in [-0.2, 0) is 14.3 Å². The molecule has 0 aromatic carbocycles. The topological polar surface area (TPSA) is 35.5 Å². The molecule has 0 amide bonds. The molecule has 0 atom stereocenters. The van der Waals surface area contributed by atoms with Gasteiger partial charge in [-0.1, -0.05) is 6.08 Å². The predicted molar refractivity (Wildman–Crippen MR) is 51.8 cm³/mol. The molecular weight excluding hydrogens is 180 g/mol. The van der Waals surface area contributed by atoms with E-state index in [9.17, 15) is 4.79 Å². The number of fused-ring (bicyclic) bond motifs is 2. The Hall–Kier alpha value is -0.830. The lowest BCUT2D eigenvalue weighted by Gasteiger charge is -2.23. The first-order valence-corrected chi connectivity index (χ1v) is 5.07. The van der Waals surface area contributed by atoms with Crippen molar-refractivity contribution in [3.63, 3.8) is 0 Å². The monoisotopic (exact) mass is 196 g/mol. The number of carbonyl (C=O) groups excluding carboxylic acids is 1. The Kier molecular flexibility index (Phi) is 2.14. The zero-order valence-electron chi connectivity index (χ0n) is 8.54. The molecule has 0 aromatic heterocycles. The van der Waals surface area contributed by atoms with Crippen LogP contribution >= 0.6 is 0 Å². The molecule has 0 N–H and O–H groups in total. The van der Waals surface area contributed by atoms with E-state index in [2.05, 4.69) is 6.58 Å². The lowest BCUT2D eigenvalue weighted by Crippen LogP contribution is -2.32. The van der Waals surface area contributed by atoms with E-state index in [1.54, 1.807) is 0 Å². The van der Waals surface area contributed by atoms with Crippen molar-refractivity contribution in [2.24, 2.45) is 0 Å². The van der Waals surface area contributed by atoms with Crippen molar-refractivity contribution in [2.45, 2.75) is 43.8 Å². The van der Waals surface area contributed by atoms with Gasteiger partial charge in [-0.2, -0.15) is 0 Å². The van der Waals surface area contributed by atoms with Gasteiger partial charge in [-0.25, -0.2) is 0 Å². The van der Waals surface area contributed by atoms with Gasteiger partial charge in [0.05, 0.1) is 5.60 Å². The van der Waals surface area contributed by atoms with Crippen molar-refractivity contribution in [1.29, 1.82) is 0 Å². The van der Waals surface area contributed by atoms with E-state index in [1.165, 1.54) is 6.92 Å². The van der Waals surface area contributed by atoms with E-state index in [0.29, 0.717) is 6.61 Å². The zero-order valence-corrected chi connectivity index (χ0v) is 8.54. The van der Waals surface area contributed by atoms with Crippen molar-refractivity contribution >= 4 is 5.97 Å². The third-order valence-electron chi connectivity index (χ3n) is 3.34. The molecule has 2 aliphatic rings. The number of carbonyl (C=O) groups is 1. The van der Waals surface area contributed by atoms with Crippen molar-refractivity contribution in [2.75, 3.05) is 6.61 Å². The Balaban J connectivity index is 2.00. The third-order valence-corrected chi connectivity index (χ3v) is 3.34. The minimum absolute atomic E-state index is 0.125. The maximum atomic E-state index is 10.7. The summed E-state index contributed by atoms with van der Waals surface area (Å²) in [6, 6.07) is 0. The van der Waals surface area contributed by atoms with Crippen LogP contribution in [0.5, 0.6) is 0 Å². The van der Waals surface area contributed by atoms with Crippen LogP contribution in [-0.4, -0.2) is 23.8 Å². The number of rotatable bonds is 3. The summed E-state index contributed by atoms with van der Waals surface area (Å²) in [6.07, 6.45) is 5.88. The van der Waals surface area contributed by atoms with Gasteiger partial charge in [0.25, 0.3) is 0 Å². The molecule has 0 spiro atoms. The first-order valence-electron chi connectivity index (χ1n) is 5.07. The summed E-state index contributed by atoms with van der Waals surface area (Å²) < 4.78 is 11.0. The molecule has 2 bridgehead atoms. The standard InChI is InChI=1S/C11H16O3/c1-3-10-4-6-11(14-10,7-5-10)8-13-9(2)12/h3H,1,4-8H2,2H3. The van der Waals surface area contributed by atoms with Crippen LogP contribution in [0.3, 0.4) is 0 Å². The van der Waals surface area contributed by atoms with Crippen LogP contribution < -0.4 is 0 Å². The SMILES string of the molecule is C=CC12CCC(COC(C)=O)(CC1)O2. The van der Waals surface area contributed by atoms with Gasteiger partial charge < -0.3 is 9.47 Å². The van der Waals surface area contributed by atoms with Gasteiger partial charge >= 0.3 is 5.97 Å². The molecule has 2 fully saturated rings. The molecule has 0 aromatic rings. The van der Waals surface area contributed by atoms with Crippen LogP contribution in [0, 0.1) is 0 Å². The Morgan fingerprint density at radius 3 is 2.57 bits per heavy atom. The van der Waals surface area contributed by atoms with E-state index in [1.807, 2.05) is 6.08 Å². The van der Waals surface area contributed by atoms with Gasteiger partial charge in [0, 0.05) is 6.92 Å². The Labute approximate surface area is 84.1 Å². The molecule has 0 aliphatic carbocycles. The molecule has 2 heterocycles. The molecule has 3 nitrogen and oxygen atoms in total. The zero-order chi connectivity index (χ0) is 10.2. The number of esters is 1. The normalized spacial score (nSPS) is 39.8. The van der Waals surface area contributed by atoms with E-state index < -0.39 is 0 Å². The first-order chi connectivity index (χ1) is 6.60. The summed E-state index contributed by atoms with van der Waals surface area (Å²) in [5, 5.41) is 0. The summed E-state index contributed by atoms with van der Waals surface area (Å²) in [5.74, 6) is -0.231. The quantitative estimate of drug-likeness (QED) is 0.510. The predicted octanol–water partition coefficient (Wildman–Crippen LogP) is 1.82. The van der Waals surface area contributed by atoms with Crippen LogP contribution in [0.25, 0.3) is 0 Å². The maximum Gasteiger partial charge on any atom is 0.302 e. The molecule has 2 aliphatic heterocycles. The fourth-order valence-electron chi connectivity index (χ4n) is 2.42. The average molecular weight is 196 g/mol. The van der Waals surface area contributed by atoms with Crippen LogP contribution in [0.1, 0.15) is 32.6 Å². The highest BCUT2D eigenvalue weighted by Gasteiger charge is 2.54. The van der Waals surface area contributed by atoms with Crippen LogP contribution in [0.2, 0.25) is 0 Å². The van der Waals surface area contributed by atoms with Gasteiger partial charge in [-0.05, 0) is 25.7 Å². The molecular formula is C11H16O3. The minimum atomic E-state index is -0.231. The second kappa shape index (κ2) is 3.09. The summed E-state index contributed by atoms with van der Waals surface area (Å²) in [6.45, 7) is 5.64. The Morgan fingerprint density at radius 2 is 2.14 bits per heavy atom. The highest BCUT2D eigenvalue weighted by Crippen LogP contribution is 2.51. The lowest BCUT2D eigenvalue weighted by molar-refractivity contribution is -0.150. The molecule has 14 heavy (non-hydrogen) atoms. The highest BCUT2D eigenvalue weighted by atomic mass is 16.6. The third kappa shape index (κ3) is 1.46. The van der Waals surface area contributed by atoms with Crippen molar-refractivity contribution in [1.82, 2.24) is 0 Å². The van der Waals surface area contributed by atoms with Crippen molar-refractivity contribution in [3.8, 4) is 0 Å². The second-order valence-electron chi connectivity index (χ2n) is 4.33. The number of ether oxygens (including phenoxy) is 2. The van der Waals surface area contributed by atoms with Gasteiger partial charge in [0.15, 0.2) is 0 Å². The van der Waals surface area contributed by atoms with E-state index in [4.69, 9.17) is 9.47 Å². The van der Waals surface area contributed by atoms with Crippen LogP contribution in [0.15, 0.2) is 12.7 Å². The van der Waals surface area contributed by atoms with Gasteiger partial charge in [0.2, 0.25) is 0 Å². The number of hydrogen-bond donors (Lipinski definition) is 0. The molecule has 2 saturated heterocycles. The summed E-state index contributed by atoms with van der Waals surface area (Å²) in [7, 11) is 0. The fraction of sp³-hybridized carbons (Fsp3) is 0.727. The first kappa shape index (κ1) is 9.71. The molecule has 0 radical (unpaired) electrons. The Morgan fingerprint density at radius 1 is 1.50 bits per heavy atom. The van der Waals surface area contributed by atoms with Crippen LogP contribution in [0.4, 0.5) is 0 Å². The van der Waals surface area contributed by atoms with Crippen molar-refractivity contribution < 1.29 is 14.3 Å².